The lowest BCUT2D eigenvalue weighted by molar-refractivity contribution is -0.118. The van der Waals surface area contributed by atoms with Crippen molar-refractivity contribution in [1.82, 2.24) is 4.98 Å². The first kappa shape index (κ1) is 16.1. The number of halogens is 1. The molecule has 2 atom stereocenters. The Kier molecular flexibility index (Phi) is 3.82. The molecule has 1 aliphatic rings. The molecule has 7 nitrogen and oxygen atoms in total. The van der Waals surface area contributed by atoms with Gasteiger partial charge in [0.15, 0.2) is 0 Å². The van der Waals surface area contributed by atoms with Crippen LogP contribution in [-0.2, 0) is 11.3 Å². The highest BCUT2D eigenvalue weighted by atomic mass is 19.1. The Morgan fingerprint density at radius 2 is 2.08 bits per heavy atom. The number of anilines is 3. The van der Waals surface area contributed by atoms with Crippen LogP contribution in [-0.4, -0.2) is 16.9 Å². The zero-order chi connectivity index (χ0) is 17.6. The molecule has 3 rings (SSSR count). The molecule has 1 aliphatic heterocycles. The van der Waals surface area contributed by atoms with Crippen molar-refractivity contribution in [2.75, 3.05) is 16.0 Å². The van der Waals surface area contributed by atoms with Gasteiger partial charge in [0, 0.05) is 12.1 Å². The average molecular weight is 332 g/mol. The second-order valence-corrected chi connectivity index (χ2v) is 6.02. The van der Waals surface area contributed by atoms with Gasteiger partial charge in [0.2, 0.25) is 5.91 Å². The first-order valence-corrected chi connectivity index (χ1v) is 7.65. The van der Waals surface area contributed by atoms with Crippen LogP contribution >= 0.6 is 0 Å². The third kappa shape index (κ3) is 2.26. The summed E-state index contributed by atoms with van der Waals surface area (Å²) < 4.78 is 14.2. The van der Waals surface area contributed by atoms with Crippen LogP contribution in [0.4, 0.5) is 21.5 Å². The van der Waals surface area contributed by atoms with E-state index in [1.807, 2.05) is 13.8 Å². The van der Waals surface area contributed by atoms with Crippen LogP contribution in [0, 0.1) is 11.7 Å². The van der Waals surface area contributed by atoms with Gasteiger partial charge >= 0.3 is 0 Å². The van der Waals surface area contributed by atoms with Gasteiger partial charge in [-0.1, -0.05) is 20.3 Å². The molecule has 0 spiro atoms. The average Bonchev–Trinajstić information content (AvgIpc) is 2.71. The lowest BCUT2D eigenvalue weighted by Crippen LogP contribution is -2.52. The highest BCUT2D eigenvalue weighted by molar-refractivity contribution is 5.99. The van der Waals surface area contributed by atoms with Gasteiger partial charge in [0.1, 0.15) is 23.2 Å². The van der Waals surface area contributed by atoms with E-state index >= 15 is 0 Å². The zero-order valence-electron chi connectivity index (χ0n) is 13.3. The third-order valence-electron chi connectivity index (χ3n) is 4.59. The number of hydrogen-bond acceptors (Lipinski definition) is 6. The summed E-state index contributed by atoms with van der Waals surface area (Å²) in [6, 6.07) is -0.743. The Balaban J connectivity index is 2.17. The van der Waals surface area contributed by atoms with Crippen molar-refractivity contribution in [3.8, 4) is 0 Å². The van der Waals surface area contributed by atoms with Crippen molar-refractivity contribution in [3.63, 3.8) is 0 Å². The van der Waals surface area contributed by atoms with E-state index in [1.165, 1.54) is 11.1 Å². The first-order valence-electron chi connectivity index (χ1n) is 7.65. The van der Waals surface area contributed by atoms with Gasteiger partial charge in [0.25, 0.3) is 10.9 Å². The van der Waals surface area contributed by atoms with E-state index in [9.17, 15) is 18.8 Å². The van der Waals surface area contributed by atoms with Gasteiger partial charge in [-0.15, -0.1) is 0 Å². The molecule has 8 heteroatoms. The monoisotopic (exact) mass is 332 g/mol. The lowest BCUT2D eigenvalue weighted by atomic mass is 9.95. The molecule has 2 aromatic rings. The van der Waals surface area contributed by atoms with E-state index in [-0.39, 0.29) is 41.0 Å². The smallest absolute Gasteiger partial charge is 0.253 e. The maximum absolute atomic E-state index is 14.2. The second-order valence-electron chi connectivity index (χ2n) is 6.02. The minimum atomic E-state index is -0.770. The molecule has 1 aromatic carbocycles. The van der Waals surface area contributed by atoms with E-state index in [1.54, 1.807) is 0 Å². The molecule has 0 fully saturated rings. The predicted molar refractivity (Wildman–Crippen MR) is 88.0 cm³/mol. The molecule has 126 valence electrons. The summed E-state index contributed by atoms with van der Waals surface area (Å²) in [4.78, 5) is 41.3. The number of carbonyl (C=O) groups is 1. The predicted octanol–water partition coefficient (Wildman–Crippen LogP) is 0.772. The van der Waals surface area contributed by atoms with Crippen LogP contribution in [0.2, 0.25) is 0 Å². The summed E-state index contributed by atoms with van der Waals surface area (Å²) in [6.45, 7) is 3.71. The normalized spacial score (nSPS) is 18.9. The highest BCUT2D eigenvalue weighted by Crippen LogP contribution is 2.32. The van der Waals surface area contributed by atoms with Crippen LogP contribution in [0.3, 0.4) is 0 Å². The Labute approximate surface area is 137 Å². The maximum atomic E-state index is 14.2. The van der Waals surface area contributed by atoms with Crippen molar-refractivity contribution >= 4 is 23.0 Å². The summed E-state index contributed by atoms with van der Waals surface area (Å²) in [6.07, 6.45) is 3.05. The molecule has 24 heavy (non-hydrogen) atoms. The molecular formula is C16H17FN4O3. The quantitative estimate of drug-likeness (QED) is 0.805. The third-order valence-corrected chi connectivity index (χ3v) is 4.59. The van der Waals surface area contributed by atoms with E-state index in [0.29, 0.717) is 6.42 Å². The number of nitrogens with two attached hydrogens (primary N) is 1. The molecule has 0 aliphatic carbocycles. The number of fused-ring (bicyclic) bond motifs is 1. The number of pyridine rings is 1. The minimum Gasteiger partial charge on any atom is -0.394 e. The molecule has 1 aromatic heterocycles. The Morgan fingerprint density at radius 1 is 1.38 bits per heavy atom. The Bertz CT molecular complexity index is 888. The van der Waals surface area contributed by atoms with Gasteiger partial charge in [-0.3, -0.25) is 19.4 Å². The fourth-order valence-corrected chi connectivity index (χ4v) is 3.04. The molecule has 3 N–H and O–H groups in total. The van der Waals surface area contributed by atoms with Crippen LogP contribution in [0.1, 0.15) is 25.8 Å². The van der Waals surface area contributed by atoms with Crippen molar-refractivity contribution < 1.29 is 9.18 Å². The maximum Gasteiger partial charge on any atom is 0.253 e. The van der Waals surface area contributed by atoms with Crippen LogP contribution in [0.15, 0.2) is 22.0 Å². The summed E-state index contributed by atoms with van der Waals surface area (Å²) in [5.74, 6) is -1.12. The first-order chi connectivity index (χ1) is 11.4. The zero-order valence-corrected chi connectivity index (χ0v) is 13.3. The molecule has 0 radical (unpaired) electrons. The van der Waals surface area contributed by atoms with Crippen molar-refractivity contribution in [2.45, 2.75) is 32.9 Å². The largest absolute Gasteiger partial charge is 0.394 e. The molecule has 1 amide bonds. The van der Waals surface area contributed by atoms with Crippen molar-refractivity contribution in [3.05, 3.63) is 44.2 Å². The van der Waals surface area contributed by atoms with E-state index in [2.05, 4.69) is 10.3 Å². The van der Waals surface area contributed by atoms with Crippen LogP contribution in [0.5, 0.6) is 0 Å². The number of hydrogen-bond donors (Lipinski definition) is 2. The summed E-state index contributed by atoms with van der Waals surface area (Å²) >= 11 is 0. The SMILES string of the molecule is CCC(C)C1C(=O)Nc2cncc(F)c2CN1c1c(N)c(=O)c1=O. The number of carbonyl (C=O) groups excluding carboxylic acids is 1. The van der Waals surface area contributed by atoms with Crippen molar-refractivity contribution in [2.24, 2.45) is 5.92 Å². The molecule has 0 saturated heterocycles. The number of nitrogen functional groups attached to an aromatic ring is 1. The number of amides is 1. The summed E-state index contributed by atoms with van der Waals surface area (Å²) in [7, 11) is 0. The number of nitrogens with one attached hydrogen (secondary N) is 1. The van der Waals surface area contributed by atoms with E-state index in [0.717, 1.165) is 6.20 Å². The number of aromatic nitrogens is 1. The second kappa shape index (κ2) is 5.70. The van der Waals surface area contributed by atoms with E-state index < -0.39 is 22.7 Å². The standard InChI is InChI=1S/C16H17FN4O3/c1-3-7(2)12-16(24)20-10-5-19-4-9(17)8(10)6-21(12)13-11(18)14(22)15(13)23/h4-5,7,12H,3,6,18H2,1-2H3,(H,20,24). The molecule has 2 heterocycles. The Hall–Kier alpha value is -2.77. The number of rotatable bonds is 3. The summed E-state index contributed by atoms with van der Waals surface area (Å²) in [5.41, 5.74) is 4.43. The highest BCUT2D eigenvalue weighted by Gasteiger charge is 2.39. The van der Waals surface area contributed by atoms with Crippen LogP contribution in [0.25, 0.3) is 0 Å². The van der Waals surface area contributed by atoms with E-state index in [4.69, 9.17) is 5.73 Å². The fourth-order valence-electron chi connectivity index (χ4n) is 3.04. The fraction of sp³-hybridized carbons (Fsp3) is 0.375. The van der Waals surface area contributed by atoms with Gasteiger partial charge in [-0.05, 0) is 5.92 Å². The molecular weight excluding hydrogens is 315 g/mol. The Morgan fingerprint density at radius 3 is 2.71 bits per heavy atom. The lowest BCUT2D eigenvalue weighted by Gasteiger charge is -2.34. The van der Waals surface area contributed by atoms with Crippen LogP contribution < -0.4 is 26.8 Å². The van der Waals surface area contributed by atoms with Gasteiger partial charge in [-0.2, -0.15) is 0 Å². The van der Waals surface area contributed by atoms with Gasteiger partial charge in [-0.25, -0.2) is 4.39 Å². The molecule has 2 unspecified atom stereocenters. The topological polar surface area (TPSA) is 105 Å². The minimum absolute atomic E-state index is 0.00971. The number of nitrogens with zero attached hydrogens (tertiary/aromatic N) is 2. The van der Waals surface area contributed by atoms with Gasteiger partial charge < -0.3 is 16.0 Å². The van der Waals surface area contributed by atoms with Crippen molar-refractivity contribution in [1.29, 1.82) is 0 Å². The van der Waals surface area contributed by atoms with Gasteiger partial charge in [0.05, 0.1) is 18.1 Å². The molecule has 0 bridgehead atoms. The molecule has 0 saturated carbocycles. The summed E-state index contributed by atoms with van der Waals surface area (Å²) in [5, 5.41) is 2.66.